The Hall–Kier alpha value is -1.88. The van der Waals surface area contributed by atoms with Crippen LogP contribution in [0.3, 0.4) is 0 Å². The van der Waals surface area contributed by atoms with Crippen LogP contribution in [0.25, 0.3) is 11.5 Å². The van der Waals surface area contributed by atoms with E-state index in [0.29, 0.717) is 11.7 Å². The third-order valence-corrected chi connectivity index (χ3v) is 3.55. The Morgan fingerprint density at radius 1 is 1.25 bits per heavy atom. The molecule has 1 aromatic heterocycles. The molecule has 1 aromatic carbocycles. The number of phenols is 1. The van der Waals surface area contributed by atoms with E-state index >= 15 is 0 Å². The Balaban J connectivity index is 2.11. The lowest BCUT2D eigenvalue weighted by Crippen LogP contribution is -2.25. The summed E-state index contributed by atoms with van der Waals surface area (Å²) >= 11 is 0. The number of nitrogens with zero attached hydrogens (tertiary/aromatic N) is 3. The molecule has 0 bridgehead atoms. The first-order chi connectivity index (χ1) is 9.65. The van der Waals surface area contributed by atoms with Crippen molar-refractivity contribution in [3.8, 4) is 17.2 Å². The summed E-state index contributed by atoms with van der Waals surface area (Å²) in [6.07, 6.45) is 0.767. The Morgan fingerprint density at radius 3 is 2.70 bits per heavy atom. The van der Waals surface area contributed by atoms with Crippen LogP contribution in [0.2, 0.25) is 0 Å². The fourth-order valence-corrected chi connectivity index (χ4v) is 2.12. The van der Waals surface area contributed by atoms with Gasteiger partial charge in [-0.2, -0.15) is 4.98 Å². The average Bonchev–Trinajstić information content (AvgIpc) is 2.92. The van der Waals surface area contributed by atoms with E-state index in [1.54, 1.807) is 12.1 Å². The smallest absolute Gasteiger partial charge is 0.258 e. The summed E-state index contributed by atoms with van der Waals surface area (Å²) in [5.74, 6) is 1.41. The van der Waals surface area contributed by atoms with E-state index in [1.807, 2.05) is 13.0 Å². The van der Waals surface area contributed by atoms with Gasteiger partial charge >= 0.3 is 0 Å². The van der Waals surface area contributed by atoms with E-state index in [1.165, 1.54) is 0 Å². The molecule has 0 spiro atoms. The van der Waals surface area contributed by atoms with Crippen molar-refractivity contribution in [3.05, 3.63) is 29.6 Å². The van der Waals surface area contributed by atoms with E-state index in [-0.39, 0.29) is 5.75 Å². The van der Waals surface area contributed by atoms with Gasteiger partial charge in [-0.1, -0.05) is 25.1 Å². The first kappa shape index (κ1) is 14.5. The van der Waals surface area contributed by atoms with Crippen LogP contribution in [-0.4, -0.2) is 39.8 Å². The number of likely N-dealkylation sites (N-methyl/N-ethyl adjacent to an activating group) is 1. The van der Waals surface area contributed by atoms with Gasteiger partial charge in [-0.05, 0) is 32.1 Å². The Labute approximate surface area is 119 Å². The summed E-state index contributed by atoms with van der Waals surface area (Å²) < 4.78 is 5.30. The number of hydrogen-bond acceptors (Lipinski definition) is 5. The van der Waals surface area contributed by atoms with Crippen molar-refractivity contribution < 1.29 is 9.63 Å². The van der Waals surface area contributed by atoms with Gasteiger partial charge in [0.2, 0.25) is 0 Å². The van der Waals surface area contributed by atoms with Gasteiger partial charge < -0.3 is 14.5 Å². The number of aromatic hydroxyl groups is 1. The second-order valence-corrected chi connectivity index (χ2v) is 4.74. The van der Waals surface area contributed by atoms with Crippen molar-refractivity contribution in [2.24, 2.45) is 0 Å². The largest absolute Gasteiger partial charge is 0.508 e. The number of phenolic OH excluding ortho intramolecular Hbond substituents is 1. The topological polar surface area (TPSA) is 62.4 Å². The van der Waals surface area contributed by atoms with E-state index in [2.05, 4.69) is 28.9 Å². The zero-order valence-corrected chi connectivity index (χ0v) is 12.3. The highest BCUT2D eigenvalue weighted by molar-refractivity contribution is 5.61. The van der Waals surface area contributed by atoms with Crippen molar-refractivity contribution in [1.82, 2.24) is 15.0 Å². The third kappa shape index (κ3) is 3.17. The Bertz CT molecular complexity index is 562. The molecule has 5 heteroatoms. The predicted molar refractivity (Wildman–Crippen MR) is 77.6 cm³/mol. The summed E-state index contributed by atoms with van der Waals surface area (Å²) in [7, 11) is 0. The van der Waals surface area contributed by atoms with E-state index < -0.39 is 0 Å². The van der Waals surface area contributed by atoms with Gasteiger partial charge in [0, 0.05) is 24.1 Å². The van der Waals surface area contributed by atoms with E-state index in [0.717, 1.165) is 37.2 Å². The van der Waals surface area contributed by atoms with Crippen LogP contribution in [0.5, 0.6) is 5.75 Å². The molecule has 0 saturated carbocycles. The number of aromatic nitrogens is 2. The molecule has 108 valence electrons. The predicted octanol–water partition coefficient (Wildman–Crippen LogP) is 2.63. The zero-order valence-electron chi connectivity index (χ0n) is 12.3. The van der Waals surface area contributed by atoms with Crippen LogP contribution in [0.1, 0.15) is 25.2 Å². The summed E-state index contributed by atoms with van der Waals surface area (Å²) in [6.45, 7) is 9.08. The molecule has 0 aliphatic carbocycles. The average molecular weight is 275 g/mol. The third-order valence-electron chi connectivity index (χ3n) is 3.55. The van der Waals surface area contributed by atoms with Crippen LogP contribution in [0.15, 0.2) is 22.7 Å². The minimum atomic E-state index is 0.241. The lowest BCUT2D eigenvalue weighted by molar-refractivity contribution is 0.303. The summed E-state index contributed by atoms with van der Waals surface area (Å²) in [6, 6.07) is 5.30. The first-order valence-electron chi connectivity index (χ1n) is 6.99. The molecule has 0 radical (unpaired) electrons. The lowest BCUT2D eigenvalue weighted by atomic mass is 10.1. The molecule has 5 nitrogen and oxygen atoms in total. The van der Waals surface area contributed by atoms with Crippen molar-refractivity contribution in [1.29, 1.82) is 0 Å². The number of hydrogen-bond donors (Lipinski definition) is 1. The van der Waals surface area contributed by atoms with Gasteiger partial charge in [0.15, 0.2) is 5.82 Å². The Morgan fingerprint density at radius 2 is 2.00 bits per heavy atom. The van der Waals surface area contributed by atoms with Gasteiger partial charge in [0.25, 0.3) is 5.89 Å². The lowest BCUT2D eigenvalue weighted by Gasteiger charge is -2.16. The van der Waals surface area contributed by atoms with Crippen molar-refractivity contribution in [2.45, 2.75) is 27.2 Å². The summed E-state index contributed by atoms with van der Waals surface area (Å²) in [4.78, 5) is 6.72. The SMILES string of the molecule is CCN(CC)CCc1noc(-c2cccc(O)c2C)n1. The maximum Gasteiger partial charge on any atom is 0.258 e. The number of benzene rings is 1. The molecule has 1 heterocycles. The van der Waals surface area contributed by atoms with Crippen LogP contribution in [0, 0.1) is 6.92 Å². The van der Waals surface area contributed by atoms with Crippen LogP contribution >= 0.6 is 0 Å². The van der Waals surface area contributed by atoms with Gasteiger partial charge in [-0.15, -0.1) is 0 Å². The van der Waals surface area contributed by atoms with Crippen molar-refractivity contribution >= 4 is 0 Å². The minimum Gasteiger partial charge on any atom is -0.508 e. The molecule has 20 heavy (non-hydrogen) atoms. The molecule has 0 atom stereocenters. The monoisotopic (exact) mass is 275 g/mol. The standard InChI is InChI=1S/C15H21N3O2/c1-4-18(5-2)10-9-14-16-15(20-17-14)12-7-6-8-13(19)11(12)3/h6-8,19H,4-5,9-10H2,1-3H3. The van der Waals surface area contributed by atoms with Gasteiger partial charge in [-0.3, -0.25) is 0 Å². The second-order valence-electron chi connectivity index (χ2n) is 4.74. The summed E-state index contributed by atoms with van der Waals surface area (Å²) in [5, 5.41) is 13.7. The zero-order chi connectivity index (χ0) is 14.5. The minimum absolute atomic E-state index is 0.241. The van der Waals surface area contributed by atoms with Crippen molar-refractivity contribution in [2.75, 3.05) is 19.6 Å². The van der Waals surface area contributed by atoms with E-state index in [9.17, 15) is 5.11 Å². The highest BCUT2D eigenvalue weighted by atomic mass is 16.5. The molecule has 0 unspecified atom stereocenters. The summed E-state index contributed by atoms with van der Waals surface area (Å²) in [5.41, 5.74) is 1.54. The molecule has 0 aliphatic rings. The molecule has 2 rings (SSSR count). The van der Waals surface area contributed by atoms with Crippen molar-refractivity contribution in [3.63, 3.8) is 0 Å². The highest BCUT2D eigenvalue weighted by Crippen LogP contribution is 2.27. The highest BCUT2D eigenvalue weighted by Gasteiger charge is 2.13. The molecular formula is C15H21N3O2. The molecule has 0 fully saturated rings. The molecular weight excluding hydrogens is 254 g/mol. The van der Waals surface area contributed by atoms with Crippen LogP contribution in [-0.2, 0) is 6.42 Å². The maximum absolute atomic E-state index is 9.71. The van der Waals surface area contributed by atoms with Crippen LogP contribution < -0.4 is 0 Å². The first-order valence-corrected chi connectivity index (χ1v) is 6.99. The van der Waals surface area contributed by atoms with E-state index in [4.69, 9.17) is 4.52 Å². The van der Waals surface area contributed by atoms with Gasteiger partial charge in [-0.25, -0.2) is 0 Å². The fraction of sp³-hybridized carbons (Fsp3) is 0.467. The second kappa shape index (κ2) is 6.52. The van der Waals surface area contributed by atoms with Crippen LogP contribution in [0.4, 0.5) is 0 Å². The molecule has 0 saturated heterocycles. The normalized spacial score (nSPS) is 11.2. The molecule has 1 N–H and O–H groups in total. The van der Waals surface area contributed by atoms with Gasteiger partial charge in [0.05, 0.1) is 0 Å². The quantitative estimate of drug-likeness (QED) is 0.878. The fourth-order valence-electron chi connectivity index (χ4n) is 2.12. The maximum atomic E-state index is 9.71. The molecule has 2 aromatic rings. The van der Waals surface area contributed by atoms with Gasteiger partial charge in [0.1, 0.15) is 5.75 Å². The molecule has 0 amide bonds. The Kier molecular flexibility index (Phi) is 4.74. The number of rotatable bonds is 6. The molecule has 0 aliphatic heterocycles.